The molecule has 14 heteroatoms. The Kier molecular flexibility index (Phi) is 6.18. The minimum absolute atomic E-state index is 0.0352. The molecule has 1 aliphatic heterocycles. The Morgan fingerprint density at radius 1 is 1.10 bits per heavy atom. The number of pyridine rings is 1. The summed E-state index contributed by atoms with van der Waals surface area (Å²) in [6.07, 6.45) is 6.11. The zero-order valence-corrected chi connectivity index (χ0v) is 23.2. The number of halogens is 1. The maximum Gasteiger partial charge on any atom is 0.209 e. The summed E-state index contributed by atoms with van der Waals surface area (Å²) in [4.78, 5) is 23.7. The van der Waals surface area contributed by atoms with Crippen molar-refractivity contribution in [3.05, 3.63) is 72.4 Å². The summed E-state index contributed by atoms with van der Waals surface area (Å²) in [5.74, 6) is 0.778. The standard InChI is InChI=1S/C28H25FN10O2S/c1-42(40,41)33-10-15-6-17(8-18(29)7-15)20-4-5-32-27-25(20)35-28(36-27)26-21-9-16(2-3-22(21)37-38-26)23-11-31-12-24(34-23)39-13-19(30)14-39/h2-9,11-12,19,33H,10,13-14,30H2,1H3,(H,37,38)(H,32,35,36). The largest absolute Gasteiger partial charge is 0.352 e. The first kappa shape index (κ1) is 26.1. The number of aromatic nitrogens is 7. The third-order valence-electron chi connectivity index (χ3n) is 7.14. The van der Waals surface area contributed by atoms with Gasteiger partial charge >= 0.3 is 0 Å². The number of nitrogens with two attached hydrogens (primary N) is 1. The molecular weight excluding hydrogens is 559 g/mol. The van der Waals surface area contributed by atoms with Gasteiger partial charge in [0.15, 0.2) is 11.5 Å². The molecular formula is C28H25FN10O2S. The van der Waals surface area contributed by atoms with E-state index in [1.54, 1.807) is 30.7 Å². The third kappa shape index (κ3) is 4.95. The SMILES string of the molecule is CS(=O)(=O)NCc1cc(F)cc(-c2ccnc3nc(-c4n[nH]c5ccc(-c6cncc(N7CC(N)C7)n6)cc45)[nH]c23)c1. The van der Waals surface area contributed by atoms with Gasteiger partial charge in [0, 0.05) is 48.4 Å². The fraction of sp³-hybridized carbons (Fsp3) is 0.179. The highest BCUT2D eigenvalue weighted by molar-refractivity contribution is 7.88. The molecule has 7 rings (SSSR count). The number of fused-ring (bicyclic) bond motifs is 2. The van der Waals surface area contributed by atoms with Crippen molar-refractivity contribution < 1.29 is 12.8 Å². The lowest BCUT2D eigenvalue weighted by atomic mass is 10.0. The van der Waals surface area contributed by atoms with Gasteiger partial charge in [0.05, 0.1) is 35.4 Å². The van der Waals surface area contributed by atoms with Gasteiger partial charge in [-0.15, -0.1) is 0 Å². The zero-order chi connectivity index (χ0) is 29.0. The van der Waals surface area contributed by atoms with E-state index in [1.165, 1.54) is 12.1 Å². The number of benzene rings is 2. The highest BCUT2D eigenvalue weighted by Crippen LogP contribution is 2.33. The van der Waals surface area contributed by atoms with Crippen LogP contribution in [0, 0.1) is 5.82 Å². The number of anilines is 1. The lowest BCUT2D eigenvalue weighted by Gasteiger charge is -2.37. The van der Waals surface area contributed by atoms with Crippen molar-refractivity contribution in [3.8, 4) is 33.9 Å². The Morgan fingerprint density at radius 2 is 1.95 bits per heavy atom. The number of nitrogens with zero attached hydrogens (tertiary/aromatic N) is 6. The number of aromatic amines is 2. The third-order valence-corrected chi connectivity index (χ3v) is 7.81. The Bertz CT molecular complexity index is 2090. The normalized spacial score (nSPS) is 14.1. The summed E-state index contributed by atoms with van der Waals surface area (Å²) in [5, 5.41) is 8.40. The van der Waals surface area contributed by atoms with Crippen LogP contribution >= 0.6 is 0 Å². The van der Waals surface area contributed by atoms with E-state index in [9.17, 15) is 12.8 Å². The van der Waals surface area contributed by atoms with Gasteiger partial charge in [0.2, 0.25) is 10.0 Å². The lowest BCUT2D eigenvalue weighted by Crippen LogP contribution is -2.56. The van der Waals surface area contributed by atoms with Crippen LogP contribution in [0.2, 0.25) is 0 Å². The van der Waals surface area contributed by atoms with Crippen LogP contribution in [0.4, 0.5) is 10.2 Å². The minimum Gasteiger partial charge on any atom is -0.352 e. The second-order valence-corrected chi connectivity index (χ2v) is 12.2. The van der Waals surface area contributed by atoms with Crippen molar-refractivity contribution in [2.24, 2.45) is 5.73 Å². The number of H-pyrrole nitrogens is 2. The number of rotatable bonds is 7. The van der Waals surface area contributed by atoms with Crippen LogP contribution in [0.3, 0.4) is 0 Å². The fourth-order valence-electron chi connectivity index (χ4n) is 5.09. The van der Waals surface area contributed by atoms with Crippen LogP contribution in [0.5, 0.6) is 0 Å². The molecule has 0 atom stereocenters. The van der Waals surface area contributed by atoms with Gasteiger partial charge in [0.1, 0.15) is 17.3 Å². The summed E-state index contributed by atoms with van der Waals surface area (Å²) >= 11 is 0. The number of sulfonamides is 1. The molecule has 42 heavy (non-hydrogen) atoms. The molecule has 6 aromatic rings. The predicted molar refractivity (Wildman–Crippen MR) is 157 cm³/mol. The van der Waals surface area contributed by atoms with Gasteiger partial charge < -0.3 is 15.6 Å². The molecule has 4 aromatic heterocycles. The van der Waals surface area contributed by atoms with Crippen LogP contribution in [0.15, 0.2) is 61.1 Å². The molecule has 0 amide bonds. The monoisotopic (exact) mass is 584 g/mol. The minimum atomic E-state index is -3.44. The van der Waals surface area contributed by atoms with Crippen LogP contribution in [-0.2, 0) is 16.6 Å². The molecule has 0 radical (unpaired) electrons. The van der Waals surface area contributed by atoms with Crippen LogP contribution in [-0.4, -0.2) is 68.9 Å². The van der Waals surface area contributed by atoms with E-state index in [4.69, 9.17) is 10.7 Å². The number of imidazole rings is 1. The van der Waals surface area contributed by atoms with Gasteiger partial charge in [-0.1, -0.05) is 6.07 Å². The molecule has 0 unspecified atom stereocenters. The van der Waals surface area contributed by atoms with E-state index in [0.29, 0.717) is 39.4 Å². The van der Waals surface area contributed by atoms with Gasteiger partial charge in [-0.05, 0) is 47.5 Å². The molecule has 12 nitrogen and oxygen atoms in total. The summed E-state index contributed by atoms with van der Waals surface area (Å²) in [6, 6.07) is 12.2. The van der Waals surface area contributed by atoms with Crippen molar-refractivity contribution in [2.75, 3.05) is 24.2 Å². The van der Waals surface area contributed by atoms with Crippen molar-refractivity contribution >= 4 is 37.9 Å². The first-order valence-corrected chi connectivity index (χ1v) is 15.0. The molecule has 5 heterocycles. The van der Waals surface area contributed by atoms with Gasteiger partial charge in [-0.25, -0.2) is 32.5 Å². The summed E-state index contributed by atoms with van der Waals surface area (Å²) in [7, 11) is -3.44. The molecule has 0 bridgehead atoms. The molecule has 1 aliphatic rings. The van der Waals surface area contributed by atoms with Crippen molar-refractivity contribution in [1.29, 1.82) is 0 Å². The van der Waals surface area contributed by atoms with Crippen LogP contribution in [0.25, 0.3) is 56.0 Å². The molecule has 1 fully saturated rings. The quantitative estimate of drug-likeness (QED) is 0.220. The fourth-order valence-corrected chi connectivity index (χ4v) is 5.52. The molecule has 5 N–H and O–H groups in total. The lowest BCUT2D eigenvalue weighted by molar-refractivity contribution is 0.514. The van der Waals surface area contributed by atoms with E-state index in [-0.39, 0.29) is 12.6 Å². The number of hydrogen-bond acceptors (Lipinski definition) is 9. The van der Waals surface area contributed by atoms with E-state index in [0.717, 1.165) is 47.3 Å². The predicted octanol–water partition coefficient (Wildman–Crippen LogP) is 2.96. The smallest absolute Gasteiger partial charge is 0.209 e. The number of nitrogens with one attached hydrogen (secondary N) is 3. The zero-order valence-electron chi connectivity index (χ0n) is 22.3. The highest BCUT2D eigenvalue weighted by Gasteiger charge is 2.25. The molecule has 2 aromatic carbocycles. The second kappa shape index (κ2) is 9.94. The summed E-state index contributed by atoms with van der Waals surface area (Å²) in [6.45, 7) is 1.46. The first-order valence-electron chi connectivity index (χ1n) is 13.1. The Labute approximate surface area is 239 Å². The Hall–Kier alpha value is -4.79. The highest BCUT2D eigenvalue weighted by atomic mass is 32.2. The van der Waals surface area contributed by atoms with E-state index in [2.05, 4.69) is 39.8 Å². The van der Waals surface area contributed by atoms with Gasteiger partial charge in [-0.2, -0.15) is 5.10 Å². The maximum absolute atomic E-state index is 14.6. The van der Waals surface area contributed by atoms with E-state index < -0.39 is 15.8 Å². The summed E-state index contributed by atoms with van der Waals surface area (Å²) in [5.41, 5.74) is 11.7. The Balaban J connectivity index is 1.26. The van der Waals surface area contributed by atoms with Crippen LogP contribution < -0.4 is 15.4 Å². The average Bonchev–Trinajstić information content (AvgIpc) is 3.57. The molecule has 212 valence electrons. The number of hydrogen-bond donors (Lipinski definition) is 4. The van der Waals surface area contributed by atoms with Crippen LogP contribution in [0.1, 0.15) is 5.56 Å². The topological polar surface area (TPSA) is 171 Å². The average molecular weight is 585 g/mol. The van der Waals surface area contributed by atoms with E-state index in [1.807, 2.05) is 18.2 Å². The second-order valence-electron chi connectivity index (χ2n) is 10.3. The molecule has 1 saturated heterocycles. The van der Waals surface area contributed by atoms with Gasteiger partial charge in [0.25, 0.3) is 0 Å². The van der Waals surface area contributed by atoms with Crippen molar-refractivity contribution in [1.82, 2.24) is 39.8 Å². The maximum atomic E-state index is 14.6. The first-order chi connectivity index (χ1) is 20.2. The van der Waals surface area contributed by atoms with Gasteiger partial charge in [-0.3, -0.25) is 10.1 Å². The Morgan fingerprint density at radius 3 is 2.76 bits per heavy atom. The molecule has 0 saturated carbocycles. The summed E-state index contributed by atoms with van der Waals surface area (Å²) < 4.78 is 40.1. The van der Waals surface area contributed by atoms with Crippen molar-refractivity contribution in [3.63, 3.8) is 0 Å². The van der Waals surface area contributed by atoms with E-state index >= 15 is 0 Å². The molecule has 0 aliphatic carbocycles. The van der Waals surface area contributed by atoms with Crippen molar-refractivity contribution in [2.45, 2.75) is 12.6 Å². The molecule has 0 spiro atoms.